The van der Waals surface area contributed by atoms with Crippen LogP contribution in [-0.4, -0.2) is 95.4 Å². The summed E-state index contributed by atoms with van der Waals surface area (Å²) in [5.74, 6) is -6.32. The van der Waals surface area contributed by atoms with Crippen LogP contribution in [0.2, 0.25) is 0 Å². The first-order valence-electron chi connectivity index (χ1n) is 16.3. The second-order valence-corrected chi connectivity index (χ2v) is 13.0. The van der Waals surface area contributed by atoms with Gasteiger partial charge in [0.05, 0.1) is 18.7 Å². The minimum atomic E-state index is -2.69. The van der Waals surface area contributed by atoms with Crippen molar-refractivity contribution in [3.05, 3.63) is 63.9 Å². The van der Waals surface area contributed by atoms with Crippen LogP contribution in [0.5, 0.6) is 11.5 Å². The monoisotopic (exact) mass is 663 g/mol. The predicted octanol–water partition coefficient (Wildman–Crippen LogP) is 2.94. The number of ether oxygens (including phenoxy) is 2. The third kappa shape index (κ3) is 5.98. The van der Waals surface area contributed by atoms with Crippen LogP contribution in [0.15, 0.2) is 47.2 Å². The van der Waals surface area contributed by atoms with Crippen molar-refractivity contribution in [1.29, 1.82) is 0 Å². The summed E-state index contributed by atoms with van der Waals surface area (Å²) < 4.78 is 11.4. The molecule has 1 saturated carbocycles. The summed E-state index contributed by atoms with van der Waals surface area (Å²) >= 11 is 0. The van der Waals surface area contributed by atoms with Gasteiger partial charge in [0.2, 0.25) is 5.78 Å². The van der Waals surface area contributed by atoms with E-state index < -0.39 is 58.0 Å². The van der Waals surface area contributed by atoms with E-state index in [1.165, 1.54) is 11.0 Å². The van der Waals surface area contributed by atoms with Crippen molar-refractivity contribution in [2.75, 3.05) is 41.0 Å². The van der Waals surface area contributed by atoms with Crippen LogP contribution in [0.4, 0.5) is 0 Å². The molecule has 1 amide bonds. The van der Waals surface area contributed by atoms with Crippen molar-refractivity contribution >= 4 is 23.2 Å². The number of nitrogens with one attached hydrogen (secondary N) is 1. The van der Waals surface area contributed by atoms with Crippen LogP contribution in [-0.2, 0) is 32.1 Å². The number of phenolic OH excluding ortho intramolecular Hbond substituents is 1. The number of carbonyl (C=O) groups excluding carboxylic acids is 3. The molecule has 0 spiro atoms. The molecule has 0 radical (unpaired) electrons. The lowest BCUT2D eigenvalue weighted by atomic mass is 9.57. The van der Waals surface area contributed by atoms with Gasteiger partial charge in [-0.3, -0.25) is 19.3 Å². The molecule has 0 bridgehead atoms. The zero-order valence-corrected chi connectivity index (χ0v) is 27.8. The summed E-state index contributed by atoms with van der Waals surface area (Å²) in [5, 5.41) is 49.0. The van der Waals surface area contributed by atoms with E-state index in [2.05, 4.69) is 12.2 Å². The van der Waals surface area contributed by atoms with Gasteiger partial charge in [0, 0.05) is 36.8 Å². The predicted molar refractivity (Wildman–Crippen MR) is 178 cm³/mol. The maximum atomic E-state index is 14.2. The fourth-order valence-corrected chi connectivity index (χ4v) is 7.45. The average molecular weight is 664 g/mol. The van der Waals surface area contributed by atoms with Crippen molar-refractivity contribution in [1.82, 2.24) is 10.2 Å². The van der Waals surface area contributed by atoms with E-state index in [0.717, 1.165) is 43.5 Å². The number of phenols is 1. The third-order valence-electron chi connectivity index (χ3n) is 9.77. The SMILES string of the molecule is CCCCOCCCNCc1ccc(OC)c(-c2ccc(O)c3c2C[C@@H]2C[C@@H]4[C@@H](N(C)C)C(=O)C(C(N)=O)=C(O)[C@]4(O)C(=O)C2=C3O)c1. The number of aliphatic hydroxyl groups is 3. The summed E-state index contributed by atoms with van der Waals surface area (Å²) in [6, 6.07) is 7.79. The Labute approximate surface area is 279 Å². The van der Waals surface area contributed by atoms with Gasteiger partial charge in [-0.15, -0.1) is 0 Å². The molecule has 258 valence electrons. The first-order chi connectivity index (χ1) is 22.9. The van der Waals surface area contributed by atoms with Gasteiger partial charge in [-0.1, -0.05) is 25.5 Å². The van der Waals surface area contributed by atoms with E-state index in [4.69, 9.17) is 15.2 Å². The molecule has 48 heavy (non-hydrogen) atoms. The number of ketones is 2. The number of hydrogen-bond donors (Lipinski definition) is 6. The number of likely N-dealkylation sites (N-methyl/N-ethyl adjacent to an activating group) is 1. The Morgan fingerprint density at radius 1 is 1.08 bits per heavy atom. The van der Waals surface area contributed by atoms with Crippen LogP contribution in [0.1, 0.15) is 49.3 Å². The number of aliphatic hydroxyl groups excluding tert-OH is 2. The zero-order valence-electron chi connectivity index (χ0n) is 27.8. The van der Waals surface area contributed by atoms with Crippen LogP contribution in [0.25, 0.3) is 16.9 Å². The fourth-order valence-electron chi connectivity index (χ4n) is 7.45. The van der Waals surface area contributed by atoms with Gasteiger partial charge in [0.15, 0.2) is 11.4 Å². The molecule has 2 aromatic carbocycles. The second-order valence-electron chi connectivity index (χ2n) is 13.0. The molecule has 0 heterocycles. The smallest absolute Gasteiger partial charge is 0.255 e. The average Bonchev–Trinajstić information content (AvgIpc) is 3.03. The maximum Gasteiger partial charge on any atom is 0.255 e. The van der Waals surface area contributed by atoms with E-state index in [0.29, 0.717) is 30.0 Å². The van der Waals surface area contributed by atoms with Crippen LogP contribution >= 0.6 is 0 Å². The van der Waals surface area contributed by atoms with E-state index in [9.17, 15) is 34.8 Å². The van der Waals surface area contributed by atoms with Gasteiger partial charge in [-0.25, -0.2) is 0 Å². The Bertz CT molecular complexity index is 1680. The first-order valence-corrected chi connectivity index (χ1v) is 16.3. The van der Waals surface area contributed by atoms with Crippen molar-refractivity contribution in [3.63, 3.8) is 0 Å². The number of rotatable bonds is 13. The standard InChI is InChI=1S/C36H45N3O9/c1-5-6-13-48-14-7-12-38-18-19-8-11-26(47-4)22(15-19)21-9-10-25(40)28-23(21)16-20-17-24-30(39(2)3)32(42)29(35(37)45)34(44)36(24,46)33(43)27(20)31(28)41/h8-11,15,20,24,30,38,40-41,44,46H,5-7,12-14,16-18H2,1-4H3,(H2,37,45)/t20-,24-,30-,36-/m1/s1. The Morgan fingerprint density at radius 3 is 2.48 bits per heavy atom. The number of benzene rings is 2. The summed E-state index contributed by atoms with van der Waals surface area (Å²) in [7, 11) is 4.69. The topological polar surface area (TPSA) is 192 Å². The number of hydrogen-bond acceptors (Lipinski definition) is 11. The summed E-state index contributed by atoms with van der Waals surface area (Å²) in [6.07, 6.45) is 3.19. The van der Waals surface area contributed by atoms with Crippen molar-refractivity contribution in [2.45, 2.75) is 57.2 Å². The number of carbonyl (C=O) groups is 3. The highest BCUT2D eigenvalue weighted by atomic mass is 16.5. The summed E-state index contributed by atoms with van der Waals surface area (Å²) in [5.41, 5.74) is 4.65. The minimum Gasteiger partial charge on any atom is -0.508 e. The number of unbranched alkanes of at least 4 members (excludes halogenated alkanes) is 1. The van der Waals surface area contributed by atoms with Gasteiger partial charge in [0.1, 0.15) is 28.6 Å². The van der Waals surface area contributed by atoms with E-state index in [1.54, 1.807) is 27.3 Å². The molecule has 3 aliphatic carbocycles. The highest BCUT2D eigenvalue weighted by molar-refractivity contribution is 6.24. The van der Waals surface area contributed by atoms with Gasteiger partial charge in [-0.05, 0) is 87.1 Å². The van der Waals surface area contributed by atoms with E-state index >= 15 is 0 Å². The molecule has 12 nitrogen and oxygen atoms in total. The lowest BCUT2D eigenvalue weighted by Crippen LogP contribution is -2.65. The van der Waals surface area contributed by atoms with Gasteiger partial charge >= 0.3 is 0 Å². The quantitative estimate of drug-likeness (QED) is 0.136. The normalized spacial score (nSPS) is 23.7. The molecule has 3 aliphatic rings. The van der Waals surface area contributed by atoms with Crippen LogP contribution in [0, 0.1) is 11.8 Å². The molecule has 1 fully saturated rings. The molecule has 0 aromatic heterocycles. The van der Waals surface area contributed by atoms with Crippen molar-refractivity contribution < 1.29 is 44.3 Å². The number of amides is 1. The summed E-state index contributed by atoms with van der Waals surface area (Å²) in [6.45, 7) is 4.94. The Kier molecular flexibility index (Phi) is 10.3. The maximum absolute atomic E-state index is 14.2. The number of methoxy groups -OCH3 is 1. The van der Waals surface area contributed by atoms with Crippen molar-refractivity contribution in [2.24, 2.45) is 17.6 Å². The molecule has 5 rings (SSSR count). The lowest BCUT2D eigenvalue weighted by Gasteiger charge is -2.50. The number of Topliss-reactive ketones (excluding diaryl/α,β-unsaturated/α-hetero) is 2. The highest BCUT2D eigenvalue weighted by Gasteiger charge is 2.64. The molecule has 0 unspecified atom stereocenters. The second kappa shape index (κ2) is 14.1. The lowest BCUT2D eigenvalue weighted by molar-refractivity contribution is -0.153. The molecule has 7 N–H and O–H groups in total. The van der Waals surface area contributed by atoms with Gasteiger partial charge < -0.3 is 41.0 Å². The summed E-state index contributed by atoms with van der Waals surface area (Å²) in [4.78, 5) is 41.3. The first kappa shape index (κ1) is 35.1. The van der Waals surface area contributed by atoms with Crippen LogP contribution < -0.4 is 15.8 Å². The van der Waals surface area contributed by atoms with Crippen molar-refractivity contribution in [3.8, 4) is 22.6 Å². The molecule has 0 aliphatic heterocycles. The molecule has 2 aromatic rings. The van der Waals surface area contributed by atoms with Gasteiger partial charge in [-0.2, -0.15) is 0 Å². The molecule has 4 atom stereocenters. The Hall–Kier alpha value is -4.23. The van der Waals surface area contributed by atoms with E-state index in [-0.39, 0.29) is 29.7 Å². The Morgan fingerprint density at radius 2 is 1.81 bits per heavy atom. The molecule has 12 heteroatoms. The number of fused-ring (bicyclic) bond motifs is 3. The number of nitrogens with zero attached hydrogens (tertiary/aromatic N) is 1. The molecular formula is C36H45N3O9. The third-order valence-corrected chi connectivity index (χ3v) is 9.77. The van der Waals surface area contributed by atoms with Crippen LogP contribution in [0.3, 0.4) is 0 Å². The molecule has 0 saturated heterocycles. The Balaban J connectivity index is 1.53. The number of primary amides is 1. The molecular weight excluding hydrogens is 618 g/mol. The highest BCUT2D eigenvalue weighted by Crippen LogP contribution is 2.54. The van der Waals surface area contributed by atoms with Gasteiger partial charge in [0.25, 0.3) is 5.91 Å². The minimum absolute atomic E-state index is 0.00408. The fraction of sp³-hybridized carbons (Fsp3) is 0.472. The largest absolute Gasteiger partial charge is 0.508 e. The van der Waals surface area contributed by atoms with E-state index in [1.807, 2.05) is 18.2 Å². The zero-order chi connectivity index (χ0) is 34.9. The number of aromatic hydroxyl groups is 1. The number of nitrogens with two attached hydrogens (primary N) is 1.